The Kier molecular flexibility index (Phi) is 2.97. The zero-order valence-corrected chi connectivity index (χ0v) is 15.3. The Balaban J connectivity index is 1.66. The smallest absolute Gasteiger partial charge is 0.245 e. The lowest BCUT2D eigenvalue weighted by Crippen LogP contribution is -2.41. The van der Waals surface area contributed by atoms with Crippen LogP contribution < -0.4 is 14.4 Å². The van der Waals surface area contributed by atoms with Gasteiger partial charge in [0.2, 0.25) is 5.91 Å². The summed E-state index contributed by atoms with van der Waals surface area (Å²) >= 11 is 0. The lowest BCUT2D eigenvalue weighted by atomic mass is 9.74. The molecule has 3 aliphatic rings. The van der Waals surface area contributed by atoms with E-state index in [0.29, 0.717) is 6.61 Å². The summed E-state index contributed by atoms with van der Waals surface area (Å²) in [6, 6.07) is 10.0. The van der Waals surface area contributed by atoms with E-state index in [9.17, 15) is 4.79 Å². The van der Waals surface area contributed by atoms with Crippen molar-refractivity contribution in [2.45, 2.75) is 11.8 Å². The molecule has 2 aromatic carbocycles. The van der Waals surface area contributed by atoms with Gasteiger partial charge in [0.15, 0.2) is 0 Å². The molecule has 6 rings (SSSR count). The quantitative estimate of drug-likeness (QED) is 0.658. The number of carbonyl (C=O) groups is 1. The van der Waals surface area contributed by atoms with E-state index in [1.807, 2.05) is 31.3 Å². The van der Waals surface area contributed by atoms with Gasteiger partial charge >= 0.3 is 0 Å². The number of hydrogen-bond donors (Lipinski definition) is 0. The van der Waals surface area contributed by atoms with Gasteiger partial charge in [-0.05, 0) is 23.3 Å². The van der Waals surface area contributed by atoms with Crippen molar-refractivity contribution < 1.29 is 14.3 Å². The molecular weight excluding hydrogens is 354 g/mol. The predicted molar refractivity (Wildman–Crippen MR) is 103 cm³/mol. The van der Waals surface area contributed by atoms with Crippen molar-refractivity contribution in [3.8, 4) is 22.6 Å². The van der Waals surface area contributed by atoms with Crippen LogP contribution in [0.3, 0.4) is 0 Å². The van der Waals surface area contributed by atoms with Gasteiger partial charge in [-0.3, -0.25) is 4.79 Å². The van der Waals surface area contributed by atoms with Crippen LogP contribution in [0.1, 0.15) is 16.7 Å². The molecule has 3 aliphatic heterocycles. The van der Waals surface area contributed by atoms with Gasteiger partial charge in [-0.15, -0.1) is 0 Å². The van der Waals surface area contributed by atoms with E-state index >= 15 is 0 Å². The molecule has 1 aromatic heterocycles. The van der Waals surface area contributed by atoms with E-state index < -0.39 is 5.41 Å². The van der Waals surface area contributed by atoms with Crippen LogP contribution >= 0.6 is 0 Å². The molecule has 1 atom stereocenters. The first-order chi connectivity index (χ1) is 13.7. The van der Waals surface area contributed by atoms with Crippen molar-refractivity contribution in [2.24, 2.45) is 0 Å². The molecule has 0 N–H and O–H groups in total. The highest BCUT2D eigenvalue weighted by Crippen LogP contribution is 2.55. The minimum atomic E-state index is -0.858. The van der Waals surface area contributed by atoms with E-state index in [0.717, 1.165) is 51.4 Å². The maximum Gasteiger partial charge on any atom is 0.245 e. The van der Waals surface area contributed by atoms with Crippen LogP contribution in [0, 0.1) is 0 Å². The largest absolute Gasteiger partial charge is 0.493 e. The number of nitrogens with zero attached hydrogens (tertiary/aromatic N) is 3. The van der Waals surface area contributed by atoms with E-state index in [4.69, 9.17) is 9.47 Å². The standard InChI is InChI=1S/C22H17N3O3/c1-25-17-4-2-3-15(14-9-23-12-24-10-14)20(17)22(21(25)26)11-28-19-8-18-13(5-6-27-18)7-16(19)22/h2-4,7-10,12H,5-6,11H2,1H3. The second-order valence-electron chi connectivity index (χ2n) is 7.44. The first kappa shape index (κ1) is 15.6. The second-order valence-corrected chi connectivity index (χ2v) is 7.44. The van der Waals surface area contributed by atoms with Gasteiger partial charge in [0, 0.05) is 54.3 Å². The van der Waals surface area contributed by atoms with Crippen LogP contribution in [0.2, 0.25) is 0 Å². The average Bonchev–Trinajstić information content (AvgIpc) is 3.40. The summed E-state index contributed by atoms with van der Waals surface area (Å²) in [4.78, 5) is 23.7. The minimum absolute atomic E-state index is 0.0319. The van der Waals surface area contributed by atoms with Crippen LogP contribution in [0.15, 0.2) is 49.1 Å². The van der Waals surface area contributed by atoms with Crippen molar-refractivity contribution in [2.75, 3.05) is 25.2 Å². The fourth-order valence-electron chi connectivity index (χ4n) is 4.76. The average molecular weight is 371 g/mol. The van der Waals surface area contributed by atoms with Gasteiger partial charge in [-0.1, -0.05) is 12.1 Å². The zero-order chi connectivity index (χ0) is 18.9. The van der Waals surface area contributed by atoms with Crippen molar-refractivity contribution in [1.29, 1.82) is 0 Å². The molecule has 28 heavy (non-hydrogen) atoms. The Labute approximate surface area is 161 Å². The molecule has 0 saturated carbocycles. The maximum atomic E-state index is 13.6. The first-order valence-electron chi connectivity index (χ1n) is 9.30. The molecule has 0 fully saturated rings. The van der Waals surface area contributed by atoms with Crippen LogP contribution in [-0.4, -0.2) is 36.1 Å². The summed E-state index contributed by atoms with van der Waals surface area (Å²) in [5.41, 5.74) is 4.92. The van der Waals surface area contributed by atoms with Gasteiger partial charge in [0.1, 0.15) is 29.8 Å². The van der Waals surface area contributed by atoms with Gasteiger partial charge in [-0.25, -0.2) is 9.97 Å². The molecule has 3 aromatic rings. The zero-order valence-electron chi connectivity index (χ0n) is 15.3. The number of fused-ring (bicyclic) bond motifs is 5. The van der Waals surface area contributed by atoms with Crippen molar-refractivity contribution in [3.05, 3.63) is 65.7 Å². The number of amides is 1. The van der Waals surface area contributed by atoms with Crippen LogP contribution in [0.5, 0.6) is 11.5 Å². The molecule has 0 bridgehead atoms. The van der Waals surface area contributed by atoms with Crippen molar-refractivity contribution in [1.82, 2.24) is 9.97 Å². The predicted octanol–water partition coefficient (Wildman–Crippen LogP) is 2.73. The molecule has 6 nitrogen and oxygen atoms in total. The Morgan fingerprint density at radius 3 is 2.82 bits per heavy atom. The second kappa shape index (κ2) is 5.32. The maximum absolute atomic E-state index is 13.6. The number of aromatic nitrogens is 2. The fraction of sp³-hybridized carbons (Fsp3) is 0.227. The molecule has 1 spiro atoms. The number of benzene rings is 2. The van der Waals surface area contributed by atoms with E-state index in [-0.39, 0.29) is 12.5 Å². The third-order valence-corrected chi connectivity index (χ3v) is 6.07. The highest BCUT2D eigenvalue weighted by atomic mass is 16.5. The number of carbonyl (C=O) groups excluding carboxylic acids is 1. The number of likely N-dealkylation sites (N-methyl/N-ethyl adjacent to an activating group) is 1. The Bertz CT molecular complexity index is 1150. The summed E-state index contributed by atoms with van der Waals surface area (Å²) in [6.45, 7) is 0.953. The molecule has 4 heterocycles. The molecule has 138 valence electrons. The lowest BCUT2D eigenvalue weighted by Gasteiger charge is -2.23. The number of ether oxygens (including phenoxy) is 2. The number of anilines is 1. The van der Waals surface area contributed by atoms with Crippen molar-refractivity contribution in [3.63, 3.8) is 0 Å². The number of hydrogen-bond acceptors (Lipinski definition) is 5. The molecule has 0 saturated heterocycles. The summed E-state index contributed by atoms with van der Waals surface area (Å²) in [6.07, 6.45) is 5.93. The normalized spacial score (nSPS) is 21.3. The van der Waals surface area contributed by atoms with E-state index in [1.54, 1.807) is 17.3 Å². The van der Waals surface area contributed by atoms with Crippen LogP contribution in [0.25, 0.3) is 11.1 Å². The van der Waals surface area contributed by atoms with Crippen LogP contribution in [-0.2, 0) is 16.6 Å². The highest BCUT2D eigenvalue weighted by Gasteiger charge is 2.57. The fourth-order valence-corrected chi connectivity index (χ4v) is 4.76. The summed E-state index contributed by atoms with van der Waals surface area (Å²) in [5.74, 6) is 1.62. The third-order valence-electron chi connectivity index (χ3n) is 6.07. The number of rotatable bonds is 1. The molecule has 1 amide bonds. The summed E-state index contributed by atoms with van der Waals surface area (Å²) in [5, 5.41) is 0. The van der Waals surface area contributed by atoms with Crippen molar-refractivity contribution >= 4 is 11.6 Å². The molecule has 6 heteroatoms. The van der Waals surface area contributed by atoms with Gasteiger partial charge in [-0.2, -0.15) is 0 Å². The van der Waals surface area contributed by atoms with Crippen LogP contribution in [0.4, 0.5) is 5.69 Å². The van der Waals surface area contributed by atoms with Gasteiger partial charge in [0.05, 0.1) is 6.61 Å². The SMILES string of the molecule is CN1C(=O)C2(COc3cc4c(cc32)CCO4)c2c(-c3cncnc3)cccc21. The van der Waals surface area contributed by atoms with E-state index in [2.05, 4.69) is 16.0 Å². The van der Waals surface area contributed by atoms with Gasteiger partial charge in [0.25, 0.3) is 0 Å². The highest BCUT2D eigenvalue weighted by molar-refractivity contribution is 6.13. The Hall–Kier alpha value is -3.41. The minimum Gasteiger partial charge on any atom is -0.493 e. The first-order valence-corrected chi connectivity index (χ1v) is 9.30. The lowest BCUT2D eigenvalue weighted by molar-refractivity contribution is -0.121. The monoisotopic (exact) mass is 371 g/mol. The molecule has 0 radical (unpaired) electrons. The summed E-state index contributed by atoms with van der Waals surface area (Å²) < 4.78 is 11.8. The Morgan fingerprint density at radius 1 is 1.11 bits per heavy atom. The molecular formula is C22H17N3O3. The van der Waals surface area contributed by atoms with E-state index in [1.165, 1.54) is 6.33 Å². The topological polar surface area (TPSA) is 64.6 Å². The summed E-state index contributed by atoms with van der Waals surface area (Å²) in [7, 11) is 1.83. The third kappa shape index (κ3) is 1.80. The molecule has 0 aliphatic carbocycles. The van der Waals surface area contributed by atoms with Gasteiger partial charge < -0.3 is 14.4 Å². The molecule has 1 unspecified atom stereocenters. The Morgan fingerprint density at radius 2 is 1.96 bits per heavy atom.